The highest BCUT2D eigenvalue weighted by molar-refractivity contribution is 7.91. The van der Waals surface area contributed by atoms with Crippen molar-refractivity contribution in [1.29, 1.82) is 0 Å². The van der Waals surface area contributed by atoms with Crippen LogP contribution in [-0.2, 0) is 35.7 Å². The first-order chi connectivity index (χ1) is 14.9. The standard InChI is InChI=1S/C21H28N6O3S/c1-12-6-7-14-8-13-4-3-5-16(13)19(18(12)14)25-21(28)26-31(22,29)17-9-24-27-10-15(23-2)11-30-20(17)27/h8-9,12,15,23H,3-7,10-11H2,1-2H3,(H3,22,25,26,28,29)/t12-,15+,31+/m1/s1. The molecule has 1 aromatic heterocycles. The van der Waals surface area contributed by atoms with E-state index in [4.69, 9.17) is 9.88 Å². The molecule has 0 radical (unpaired) electrons. The Balaban J connectivity index is 1.47. The van der Waals surface area contributed by atoms with Crippen LogP contribution in [0.2, 0.25) is 0 Å². The van der Waals surface area contributed by atoms with Crippen LogP contribution in [0.3, 0.4) is 0 Å². The molecule has 2 aliphatic carbocycles. The van der Waals surface area contributed by atoms with E-state index < -0.39 is 15.9 Å². The predicted molar refractivity (Wildman–Crippen MR) is 118 cm³/mol. The lowest BCUT2D eigenvalue weighted by Gasteiger charge is -2.24. The molecule has 4 N–H and O–H groups in total. The first-order valence-electron chi connectivity index (χ1n) is 10.8. The number of ether oxygens (including phenoxy) is 1. The third kappa shape index (κ3) is 3.52. The van der Waals surface area contributed by atoms with Gasteiger partial charge in [-0.2, -0.15) is 5.10 Å². The minimum absolute atomic E-state index is 0.0959. The zero-order chi connectivity index (χ0) is 21.8. The van der Waals surface area contributed by atoms with E-state index in [1.807, 2.05) is 7.05 Å². The second-order valence-electron chi connectivity index (χ2n) is 8.64. The number of amides is 2. The molecule has 2 aromatic rings. The van der Waals surface area contributed by atoms with Gasteiger partial charge in [-0.15, -0.1) is 4.36 Å². The maximum Gasteiger partial charge on any atom is 0.354 e. The zero-order valence-electron chi connectivity index (χ0n) is 17.8. The van der Waals surface area contributed by atoms with Gasteiger partial charge in [-0.25, -0.2) is 18.8 Å². The van der Waals surface area contributed by atoms with Crippen LogP contribution in [0.25, 0.3) is 0 Å². The number of urea groups is 1. The highest BCUT2D eigenvalue weighted by Crippen LogP contribution is 2.44. The number of carbonyl (C=O) groups excluding carboxylic acids is 1. The molecule has 5 rings (SSSR count). The van der Waals surface area contributed by atoms with Crippen molar-refractivity contribution in [1.82, 2.24) is 15.1 Å². The Hall–Kier alpha value is -2.43. The minimum Gasteiger partial charge on any atom is -0.475 e. The third-order valence-corrected chi connectivity index (χ3v) is 7.96. The average Bonchev–Trinajstić information content (AvgIpc) is 3.45. The monoisotopic (exact) mass is 444 g/mol. The fourth-order valence-electron chi connectivity index (χ4n) is 5.00. The SMILES string of the molecule is CN[C@@H]1COc2c([S@@](N)(=O)=NC(=O)Nc3c4c(cc5c3[C@H](C)CC5)CCC4)cnn2C1. The van der Waals surface area contributed by atoms with E-state index in [0.717, 1.165) is 37.8 Å². The van der Waals surface area contributed by atoms with Gasteiger partial charge in [-0.1, -0.05) is 13.0 Å². The maximum atomic E-state index is 13.2. The van der Waals surface area contributed by atoms with Crippen LogP contribution < -0.4 is 20.5 Å². The van der Waals surface area contributed by atoms with E-state index in [1.54, 1.807) is 4.68 Å². The molecule has 2 amide bonds. The van der Waals surface area contributed by atoms with Crippen molar-refractivity contribution in [2.24, 2.45) is 9.50 Å². The van der Waals surface area contributed by atoms with E-state index in [-0.39, 0.29) is 10.9 Å². The number of aromatic nitrogens is 2. The van der Waals surface area contributed by atoms with Gasteiger partial charge in [0, 0.05) is 5.69 Å². The predicted octanol–water partition coefficient (Wildman–Crippen LogP) is 2.33. The van der Waals surface area contributed by atoms with Crippen molar-refractivity contribution in [2.45, 2.75) is 62.4 Å². The van der Waals surface area contributed by atoms with Gasteiger partial charge >= 0.3 is 6.03 Å². The number of carbonyl (C=O) groups is 1. The molecule has 0 spiro atoms. The van der Waals surface area contributed by atoms with Gasteiger partial charge in [0.15, 0.2) is 9.92 Å². The molecule has 0 unspecified atom stereocenters. The number of benzene rings is 1. The topological polar surface area (TPSA) is 124 Å². The number of fused-ring (bicyclic) bond motifs is 3. The number of nitrogens with one attached hydrogen (secondary N) is 2. The van der Waals surface area contributed by atoms with Gasteiger partial charge in [0.25, 0.3) is 0 Å². The molecule has 0 saturated heterocycles. The Labute approximate surface area is 182 Å². The Morgan fingerprint density at radius 3 is 3.00 bits per heavy atom. The summed E-state index contributed by atoms with van der Waals surface area (Å²) in [6.07, 6.45) is 6.50. The number of anilines is 1. The van der Waals surface area contributed by atoms with Gasteiger partial charge in [0.05, 0.1) is 18.8 Å². The fraction of sp³-hybridized carbons (Fsp3) is 0.524. The molecule has 3 atom stereocenters. The number of hydrogen-bond donors (Lipinski definition) is 3. The van der Waals surface area contributed by atoms with Crippen LogP contribution in [-0.4, -0.2) is 39.7 Å². The molecule has 0 saturated carbocycles. The first kappa shape index (κ1) is 20.5. The van der Waals surface area contributed by atoms with E-state index in [0.29, 0.717) is 24.9 Å². The molecule has 9 nitrogen and oxygen atoms in total. The van der Waals surface area contributed by atoms with Crippen molar-refractivity contribution in [2.75, 3.05) is 19.0 Å². The molecule has 31 heavy (non-hydrogen) atoms. The summed E-state index contributed by atoms with van der Waals surface area (Å²) in [5, 5.41) is 16.3. The second kappa shape index (κ2) is 7.61. The molecule has 1 aromatic carbocycles. The Kier molecular flexibility index (Phi) is 5.03. The summed E-state index contributed by atoms with van der Waals surface area (Å²) in [4.78, 5) is 13.0. The van der Waals surface area contributed by atoms with Crippen LogP contribution in [0.5, 0.6) is 5.88 Å². The summed E-state index contributed by atoms with van der Waals surface area (Å²) in [6.45, 7) is 3.14. The smallest absolute Gasteiger partial charge is 0.354 e. The van der Waals surface area contributed by atoms with Gasteiger partial charge < -0.3 is 15.4 Å². The van der Waals surface area contributed by atoms with Crippen molar-refractivity contribution in [3.05, 3.63) is 34.5 Å². The van der Waals surface area contributed by atoms with Crippen molar-refractivity contribution >= 4 is 21.6 Å². The van der Waals surface area contributed by atoms with E-state index in [9.17, 15) is 9.00 Å². The number of hydrogen-bond acceptors (Lipinski definition) is 5. The molecule has 0 fully saturated rings. The molecular weight excluding hydrogens is 416 g/mol. The molecular formula is C21H28N6O3S. The molecule has 10 heteroatoms. The van der Waals surface area contributed by atoms with Crippen LogP contribution >= 0.6 is 0 Å². The second-order valence-corrected chi connectivity index (χ2v) is 10.4. The van der Waals surface area contributed by atoms with Gasteiger partial charge in [-0.3, -0.25) is 0 Å². The lowest BCUT2D eigenvalue weighted by atomic mass is 9.95. The number of nitrogens with two attached hydrogens (primary N) is 1. The Morgan fingerprint density at radius 1 is 1.35 bits per heavy atom. The minimum atomic E-state index is -3.51. The first-order valence-corrected chi connectivity index (χ1v) is 12.3. The summed E-state index contributed by atoms with van der Waals surface area (Å²) < 4.78 is 24.4. The van der Waals surface area contributed by atoms with Crippen LogP contribution in [0.15, 0.2) is 21.5 Å². The number of aryl methyl sites for hydroxylation is 2. The largest absolute Gasteiger partial charge is 0.475 e. The highest BCUT2D eigenvalue weighted by atomic mass is 32.2. The number of nitrogens with zero attached hydrogens (tertiary/aromatic N) is 3. The summed E-state index contributed by atoms with van der Waals surface area (Å²) in [7, 11) is -1.67. The molecule has 2 heterocycles. The molecule has 3 aliphatic rings. The summed E-state index contributed by atoms with van der Waals surface area (Å²) in [5.74, 6) is 0.681. The zero-order valence-corrected chi connectivity index (χ0v) is 18.6. The third-order valence-electron chi connectivity index (χ3n) is 6.61. The average molecular weight is 445 g/mol. The quantitative estimate of drug-likeness (QED) is 0.670. The van der Waals surface area contributed by atoms with Crippen LogP contribution in [0, 0.1) is 0 Å². The van der Waals surface area contributed by atoms with Crippen LogP contribution in [0.4, 0.5) is 10.5 Å². The van der Waals surface area contributed by atoms with Crippen molar-refractivity contribution in [3.8, 4) is 5.88 Å². The van der Waals surface area contributed by atoms with Gasteiger partial charge in [0.2, 0.25) is 5.88 Å². The molecule has 1 aliphatic heterocycles. The normalized spacial score (nSPS) is 23.3. The fourth-order valence-corrected chi connectivity index (χ4v) is 6.01. The van der Waals surface area contributed by atoms with Crippen molar-refractivity contribution < 1.29 is 13.7 Å². The summed E-state index contributed by atoms with van der Waals surface area (Å²) in [5.41, 5.74) is 5.83. The van der Waals surface area contributed by atoms with Crippen LogP contribution in [0.1, 0.15) is 47.9 Å². The van der Waals surface area contributed by atoms with E-state index in [1.165, 1.54) is 28.5 Å². The highest BCUT2D eigenvalue weighted by Gasteiger charge is 2.30. The van der Waals surface area contributed by atoms with Crippen molar-refractivity contribution in [3.63, 3.8) is 0 Å². The maximum absolute atomic E-state index is 13.2. The lowest BCUT2D eigenvalue weighted by molar-refractivity contribution is 0.184. The summed E-state index contributed by atoms with van der Waals surface area (Å²) >= 11 is 0. The Bertz CT molecular complexity index is 1180. The number of likely N-dealkylation sites (N-methyl/N-ethyl adjacent to an activating group) is 1. The van der Waals surface area contributed by atoms with Gasteiger partial charge in [0.1, 0.15) is 11.5 Å². The van der Waals surface area contributed by atoms with Gasteiger partial charge in [-0.05, 0) is 67.3 Å². The van der Waals surface area contributed by atoms with E-state index >= 15 is 0 Å². The summed E-state index contributed by atoms with van der Waals surface area (Å²) in [6, 6.07) is 1.70. The molecule has 0 bridgehead atoms. The Morgan fingerprint density at radius 2 is 2.19 bits per heavy atom. The van der Waals surface area contributed by atoms with E-state index in [2.05, 4.69) is 33.1 Å². The molecule has 166 valence electrons. The number of rotatable bonds is 3. The lowest BCUT2D eigenvalue weighted by Crippen LogP contribution is -2.40.